The van der Waals surface area contributed by atoms with Crippen LogP contribution in [0.25, 0.3) is 0 Å². The van der Waals surface area contributed by atoms with E-state index in [2.05, 4.69) is 0 Å². The maximum atomic E-state index is 11.0. The third kappa shape index (κ3) is 1.24. The Labute approximate surface area is 86.6 Å². The largest absolute Gasteiger partial charge is 0.426 e. The molecule has 82 valence electrons. The van der Waals surface area contributed by atoms with E-state index in [4.69, 9.17) is 14.2 Å². The topological polar surface area (TPSA) is 65.0 Å². The number of aliphatic hydroxyl groups excluding tert-OH is 1. The summed E-state index contributed by atoms with van der Waals surface area (Å²) in [5.74, 6) is -1.40. The van der Waals surface area contributed by atoms with Crippen LogP contribution in [0.2, 0.25) is 0 Å². The van der Waals surface area contributed by atoms with Gasteiger partial charge in [-0.15, -0.1) is 0 Å². The SMILES string of the molecule is C[C@@H]1O[C@@H]2C[C@]3(C=CC(=O)O3)O[C@@H]2[C@H]1O. The van der Waals surface area contributed by atoms with Crippen molar-refractivity contribution >= 4 is 5.97 Å². The van der Waals surface area contributed by atoms with Gasteiger partial charge in [0.15, 0.2) is 0 Å². The van der Waals surface area contributed by atoms with Crippen molar-refractivity contribution in [3.05, 3.63) is 12.2 Å². The van der Waals surface area contributed by atoms with E-state index in [1.54, 1.807) is 13.0 Å². The summed E-state index contributed by atoms with van der Waals surface area (Å²) >= 11 is 0. The average molecular weight is 212 g/mol. The molecule has 1 spiro atoms. The molecule has 5 heteroatoms. The highest BCUT2D eigenvalue weighted by Crippen LogP contribution is 2.43. The van der Waals surface area contributed by atoms with Crippen molar-refractivity contribution in [3.63, 3.8) is 0 Å². The third-order valence-electron chi connectivity index (χ3n) is 3.14. The molecular formula is C10H12O5. The molecule has 5 nitrogen and oxygen atoms in total. The van der Waals surface area contributed by atoms with Gasteiger partial charge in [-0.1, -0.05) is 0 Å². The van der Waals surface area contributed by atoms with Crippen LogP contribution < -0.4 is 0 Å². The number of ether oxygens (including phenoxy) is 3. The minimum Gasteiger partial charge on any atom is -0.426 e. The lowest BCUT2D eigenvalue weighted by Gasteiger charge is -2.23. The van der Waals surface area contributed by atoms with Crippen molar-refractivity contribution in [2.45, 2.75) is 43.5 Å². The van der Waals surface area contributed by atoms with Crippen LogP contribution in [0.15, 0.2) is 12.2 Å². The van der Waals surface area contributed by atoms with Gasteiger partial charge in [0.25, 0.3) is 0 Å². The van der Waals surface area contributed by atoms with E-state index < -0.39 is 24.0 Å². The summed E-state index contributed by atoms with van der Waals surface area (Å²) in [6, 6.07) is 0. The van der Waals surface area contributed by atoms with Crippen molar-refractivity contribution in [2.24, 2.45) is 0 Å². The Hall–Kier alpha value is -0.910. The van der Waals surface area contributed by atoms with Crippen LogP contribution in [0.1, 0.15) is 13.3 Å². The molecule has 0 saturated carbocycles. The lowest BCUT2D eigenvalue weighted by molar-refractivity contribution is -0.201. The van der Waals surface area contributed by atoms with Gasteiger partial charge in [-0.05, 0) is 13.0 Å². The zero-order chi connectivity index (χ0) is 10.6. The Morgan fingerprint density at radius 2 is 2.40 bits per heavy atom. The summed E-state index contributed by atoms with van der Waals surface area (Å²) in [7, 11) is 0. The summed E-state index contributed by atoms with van der Waals surface area (Å²) in [4.78, 5) is 11.0. The van der Waals surface area contributed by atoms with Crippen LogP contribution in [-0.4, -0.2) is 41.3 Å². The van der Waals surface area contributed by atoms with Gasteiger partial charge in [0.05, 0.1) is 12.2 Å². The van der Waals surface area contributed by atoms with Crippen molar-refractivity contribution in [1.82, 2.24) is 0 Å². The maximum Gasteiger partial charge on any atom is 0.333 e. The molecule has 3 rings (SSSR count). The lowest BCUT2D eigenvalue weighted by Crippen LogP contribution is -2.35. The Balaban J connectivity index is 1.81. The van der Waals surface area contributed by atoms with Gasteiger partial charge in [0, 0.05) is 12.5 Å². The number of hydrogen-bond acceptors (Lipinski definition) is 5. The first kappa shape index (κ1) is 9.33. The molecule has 0 aromatic rings. The Morgan fingerprint density at radius 3 is 3.00 bits per heavy atom. The van der Waals surface area contributed by atoms with E-state index in [9.17, 15) is 9.90 Å². The second-order valence-electron chi connectivity index (χ2n) is 4.22. The molecule has 2 saturated heterocycles. The van der Waals surface area contributed by atoms with Crippen LogP contribution >= 0.6 is 0 Å². The molecule has 0 amide bonds. The van der Waals surface area contributed by atoms with Gasteiger partial charge in [-0.25, -0.2) is 4.79 Å². The maximum absolute atomic E-state index is 11.0. The first-order valence-electron chi connectivity index (χ1n) is 5.03. The Kier molecular flexibility index (Phi) is 1.75. The smallest absolute Gasteiger partial charge is 0.333 e. The average Bonchev–Trinajstić information content (AvgIpc) is 2.76. The molecule has 2 fully saturated rings. The Bertz CT molecular complexity index is 339. The second-order valence-corrected chi connectivity index (χ2v) is 4.22. The van der Waals surface area contributed by atoms with Crippen molar-refractivity contribution in [1.29, 1.82) is 0 Å². The van der Waals surface area contributed by atoms with Gasteiger partial charge in [0.1, 0.15) is 12.2 Å². The molecule has 15 heavy (non-hydrogen) atoms. The van der Waals surface area contributed by atoms with E-state index >= 15 is 0 Å². The molecule has 0 aromatic carbocycles. The zero-order valence-electron chi connectivity index (χ0n) is 8.25. The summed E-state index contributed by atoms with van der Waals surface area (Å²) < 4.78 is 16.2. The van der Waals surface area contributed by atoms with Crippen LogP contribution in [-0.2, 0) is 19.0 Å². The fourth-order valence-corrected chi connectivity index (χ4v) is 2.40. The Morgan fingerprint density at radius 1 is 1.60 bits per heavy atom. The first-order chi connectivity index (χ1) is 7.10. The van der Waals surface area contributed by atoms with E-state index in [1.165, 1.54) is 6.08 Å². The molecule has 3 heterocycles. The molecule has 1 N–H and O–H groups in total. The number of carbonyl (C=O) groups excluding carboxylic acids is 1. The lowest BCUT2D eigenvalue weighted by atomic mass is 10.1. The highest BCUT2D eigenvalue weighted by Gasteiger charge is 2.57. The number of carbonyl (C=O) groups is 1. The van der Waals surface area contributed by atoms with Gasteiger partial charge in [0.2, 0.25) is 5.79 Å². The number of hydrogen-bond donors (Lipinski definition) is 1. The molecular weight excluding hydrogens is 200 g/mol. The van der Waals surface area contributed by atoms with E-state index in [0.717, 1.165) is 0 Å². The molecule has 3 aliphatic rings. The molecule has 0 aliphatic carbocycles. The number of fused-ring (bicyclic) bond motifs is 1. The van der Waals surface area contributed by atoms with Crippen LogP contribution in [0.4, 0.5) is 0 Å². The minimum absolute atomic E-state index is 0.189. The number of esters is 1. The number of rotatable bonds is 0. The molecule has 5 atom stereocenters. The molecule has 0 radical (unpaired) electrons. The van der Waals surface area contributed by atoms with Crippen LogP contribution in [0, 0.1) is 0 Å². The predicted molar refractivity (Wildman–Crippen MR) is 47.8 cm³/mol. The standard InChI is InChI=1S/C10H12O5/c1-5-8(12)9-6(13-5)4-10(15-9)3-2-7(11)14-10/h2-3,5-6,8-9,12H,4H2,1H3/t5-,6+,8-,9-,10-/m0/s1. The fraction of sp³-hybridized carbons (Fsp3) is 0.700. The summed E-state index contributed by atoms with van der Waals surface area (Å²) in [5, 5.41) is 9.76. The first-order valence-corrected chi connectivity index (χ1v) is 5.03. The van der Waals surface area contributed by atoms with Crippen LogP contribution in [0.3, 0.4) is 0 Å². The molecule has 0 aromatic heterocycles. The highest BCUT2D eigenvalue weighted by atomic mass is 16.7. The molecule has 3 aliphatic heterocycles. The third-order valence-corrected chi connectivity index (χ3v) is 3.14. The van der Waals surface area contributed by atoms with Gasteiger partial charge < -0.3 is 19.3 Å². The quantitative estimate of drug-likeness (QED) is 0.560. The predicted octanol–water partition coefficient (Wildman–Crippen LogP) is -0.267. The van der Waals surface area contributed by atoms with E-state index in [1.807, 2.05) is 0 Å². The van der Waals surface area contributed by atoms with Crippen LogP contribution in [0.5, 0.6) is 0 Å². The highest BCUT2D eigenvalue weighted by molar-refractivity contribution is 5.85. The van der Waals surface area contributed by atoms with Crippen molar-refractivity contribution in [3.8, 4) is 0 Å². The summed E-state index contributed by atoms with van der Waals surface area (Å²) in [6.07, 6.45) is 1.94. The zero-order valence-corrected chi connectivity index (χ0v) is 8.25. The monoisotopic (exact) mass is 212 g/mol. The molecule has 0 bridgehead atoms. The summed E-state index contributed by atoms with van der Waals surface area (Å²) in [5.41, 5.74) is 0. The fourth-order valence-electron chi connectivity index (χ4n) is 2.40. The minimum atomic E-state index is -0.993. The normalized spacial score (nSPS) is 52.5. The van der Waals surface area contributed by atoms with E-state index in [-0.39, 0.29) is 12.2 Å². The van der Waals surface area contributed by atoms with Gasteiger partial charge >= 0.3 is 5.97 Å². The van der Waals surface area contributed by atoms with E-state index in [0.29, 0.717) is 6.42 Å². The van der Waals surface area contributed by atoms with Crippen molar-refractivity contribution in [2.75, 3.05) is 0 Å². The van der Waals surface area contributed by atoms with Gasteiger partial charge in [-0.3, -0.25) is 0 Å². The second kappa shape index (κ2) is 2.81. The number of aliphatic hydroxyl groups is 1. The van der Waals surface area contributed by atoms with Crippen molar-refractivity contribution < 1.29 is 24.1 Å². The molecule has 0 unspecified atom stereocenters. The van der Waals surface area contributed by atoms with Gasteiger partial charge in [-0.2, -0.15) is 0 Å². The summed E-state index contributed by atoms with van der Waals surface area (Å²) in [6.45, 7) is 1.80.